The topological polar surface area (TPSA) is 18.5 Å². The molecule has 0 aromatic heterocycles. The summed E-state index contributed by atoms with van der Waals surface area (Å²) in [6.45, 7) is 4.31. The third-order valence-corrected chi connectivity index (χ3v) is 3.75. The lowest BCUT2D eigenvalue weighted by molar-refractivity contribution is 0.163. The van der Waals surface area contributed by atoms with E-state index in [9.17, 15) is 0 Å². The molecule has 2 rings (SSSR count). The highest BCUT2D eigenvalue weighted by Crippen LogP contribution is 2.32. The molecule has 0 amide bonds. The van der Waals surface area contributed by atoms with E-state index in [1.165, 1.54) is 25.7 Å². The molecule has 0 unspecified atom stereocenters. The Balaban J connectivity index is 1.75. The Hall–Kier alpha value is 0.137. The van der Waals surface area contributed by atoms with E-state index in [2.05, 4.69) is 13.1 Å². The van der Waals surface area contributed by atoms with Crippen molar-refractivity contribution in [2.45, 2.75) is 51.0 Å². The molecule has 2 fully saturated rings. The van der Waals surface area contributed by atoms with E-state index in [-0.39, 0.29) is 0 Å². The van der Waals surface area contributed by atoms with Crippen LogP contribution >= 0.6 is 0 Å². The molecule has 0 N–H and O–H groups in total. The van der Waals surface area contributed by atoms with Crippen molar-refractivity contribution < 1.29 is 8.85 Å². The fourth-order valence-electron chi connectivity index (χ4n) is 1.20. The smallest absolute Gasteiger partial charge is 0.332 e. The molecule has 2 aliphatic carbocycles. The molecule has 0 radical (unpaired) electrons. The third-order valence-electron chi connectivity index (χ3n) is 1.95. The highest BCUT2D eigenvalue weighted by Gasteiger charge is 2.38. The van der Waals surface area contributed by atoms with Crippen molar-refractivity contribution in [3.63, 3.8) is 0 Å². The monoisotopic (exact) mass is 172 g/mol. The molecule has 2 aliphatic rings. The van der Waals surface area contributed by atoms with Gasteiger partial charge in [0.15, 0.2) is 0 Å². The molecule has 0 aromatic carbocycles. The van der Waals surface area contributed by atoms with Crippen LogP contribution in [-0.2, 0) is 8.85 Å². The number of rotatable bonds is 4. The molecule has 0 saturated heterocycles. The van der Waals surface area contributed by atoms with Gasteiger partial charge in [-0.1, -0.05) is 0 Å². The predicted molar refractivity (Wildman–Crippen MR) is 45.7 cm³/mol. The molecule has 0 heterocycles. The minimum absolute atomic E-state index is 0.551. The molecule has 11 heavy (non-hydrogen) atoms. The Morgan fingerprint density at radius 2 is 1.27 bits per heavy atom. The molecule has 3 heteroatoms. The van der Waals surface area contributed by atoms with Gasteiger partial charge in [-0.2, -0.15) is 0 Å². The molecular formula is C8H16O2Si. The molecule has 2 nitrogen and oxygen atoms in total. The lowest BCUT2D eigenvalue weighted by Crippen LogP contribution is -2.36. The van der Waals surface area contributed by atoms with Crippen molar-refractivity contribution in [3.8, 4) is 0 Å². The number of hydrogen-bond acceptors (Lipinski definition) is 2. The minimum Gasteiger partial charge on any atom is -0.391 e. The Morgan fingerprint density at radius 1 is 0.909 bits per heavy atom. The van der Waals surface area contributed by atoms with Gasteiger partial charge in [0, 0.05) is 12.2 Å². The summed E-state index contributed by atoms with van der Waals surface area (Å²) in [5.41, 5.74) is 0. The van der Waals surface area contributed by atoms with Gasteiger partial charge in [-0.3, -0.25) is 0 Å². The zero-order chi connectivity index (χ0) is 7.90. The molecule has 0 aliphatic heterocycles. The van der Waals surface area contributed by atoms with Gasteiger partial charge in [-0.15, -0.1) is 0 Å². The van der Waals surface area contributed by atoms with Gasteiger partial charge in [0.2, 0.25) is 0 Å². The van der Waals surface area contributed by atoms with Crippen molar-refractivity contribution >= 4 is 8.56 Å². The lowest BCUT2D eigenvalue weighted by atomic mass is 10.9. The van der Waals surface area contributed by atoms with E-state index >= 15 is 0 Å². The standard InChI is InChI=1S/C8H16O2Si/c1-11(2,9-7-3-4-7)10-8-5-6-8/h7-8H,3-6H2,1-2H3. The van der Waals surface area contributed by atoms with E-state index in [0.717, 1.165) is 0 Å². The first kappa shape index (κ1) is 7.77. The van der Waals surface area contributed by atoms with Crippen LogP contribution in [0.5, 0.6) is 0 Å². The van der Waals surface area contributed by atoms with Crippen molar-refractivity contribution in [2.24, 2.45) is 0 Å². The normalized spacial score (nSPS) is 25.6. The molecule has 2 saturated carbocycles. The van der Waals surface area contributed by atoms with E-state index in [1.54, 1.807) is 0 Å². The van der Waals surface area contributed by atoms with Gasteiger partial charge in [0.05, 0.1) is 0 Å². The van der Waals surface area contributed by atoms with E-state index in [1.807, 2.05) is 0 Å². The quantitative estimate of drug-likeness (QED) is 0.604. The Kier molecular flexibility index (Phi) is 1.82. The first-order valence-corrected chi connectivity index (χ1v) is 7.33. The summed E-state index contributed by atoms with van der Waals surface area (Å²) in [4.78, 5) is 0. The van der Waals surface area contributed by atoms with Crippen LogP contribution in [0.15, 0.2) is 0 Å². The van der Waals surface area contributed by atoms with E-state index < -0.39 is 8.56 Å². The maximum absolute atomic E-state index is 5.82. The van der Waals surface area contributed by atoms with Gasteiger partial charge in [0.25, 0.3) is 0 Å². The second kappa shape index (κ2) is 2.57. The van der Waals surface area contributed by atoms with Crippen LogP contribution in [0.2, 0.25) is 13.1 Å². The SMILES string of the molecule is C[Si](C)(OC1CC1)OC1CC1. The molecular weight excluding hydrogens is 156 g/mol. The highest BCUT2D eigenvalue weighted by molar-refractivity contribution is 6.64. The van der Waals surface area contributed by atoms with Gasteiger partial charge >= 0.3 is 8.56 Å². The van der Waals surface area contributed by atoms with Crippen LogP contribution in [0.1, 0.15) is 25.7 Å². The summed E-state index contributed by atoms with van der Waals surface area (Å²) in [6.07, 6.45) is 6.12. The highest BCUT2D eigenvalue weighted by atomic mass is 28.4. The van der Waals surface area contributed by atoms with Gasteiger partial charge in [0.1, 0.15) is 0 Å². The Bertz CT molecular complexity index is 134. The molecule has 64 valence electrons. The van der Waals surface area contributed by atoms with Crippen LogP contribution in [0, 0.1) is 0 Å². The van der Waals surface area contributed by atoms with Gasteiger partial charge in [-0.05, 0) is 38.8 Å². The Labute approximate surface area is 69.1 Å². The zero-order valence-electron chi connectivity index (χ0n) is 7.30. The van der Waals surface area contributed by atoms with Crippen molar-refractivity contribution in [1.29, 1.82) is 0 Å². The van der Waals surface area contributed by atoms with Crippen LogP contribution < -0.4 is 0 Å². The van der Waals surface area contributed by atoms with E-state index in [4.69, 9.17) is 8.85 Å². The average molecular weight is 172 g/mol. The summed E-state index contributed by atoms with van der Waals surface area (Å²) in [6, 6.07) is 0. The first-order chi connectivity index (χ1) is 5.16. The molecule has 0 bridgehead atoms. The summed E-state index contributed by atoms with van der Waals surface area (Å²) in [5, 5.41) is 0. The largest absolute Gasteiger partial charge is 0.391 e. The first-order valence-electron chi connectivity index (χ1n) is 4.51. The maximum atomic E-state index is 5.82. The Morgan fingerprint density at radius 3 is 1.55 bits per heavy atom. The lowest BCUT2D eigenvalue weighted by Gasteiger charge is -2.22. The van der Waals surface area contributed by atoms with Crippen LogP contribution in [0.3, 0.4) is 0 Å². The zero-order valence-corrected chi connectivity index (χ0v) is 8.30. The van der Waals surface area contributed by atoms with Crippen LogP contribution in [0.25, 0.3) is 0 Å². The van der Waals surface area contributed by atoms with Crippen LogP contribution in [0.4, 0.5) is 0 Å². The van der Waals surface area contributed by atoms with E-state index in [0.29, 0.717) is 12.2 Å². The second-order valence-electron chi connectivity index (χ2n) is 4.03. The van der Waals surface area contributed by atoms with Crippen LogP contribution in [-0.4, -0.2) is 20.8 Å². The summed E-state index contributed by atoms with van der Waals surface area (Å²) < 4.78 is 11.6. The minimum atomic E-state index is -1.70. The van der Waals surface area contributed by atoms with Gasteiger partial charge < -0.3 is 8.85 Å². The fraction of sp³-hybridized carbons (Fsp3) is 1.00. The molecule has 0 spiro atoms. The van der Waals surface area contributed by atoms with Crippen molar-refractivity contribution in [2.75, 3.05) is 0 Å². The number of hydrogen-bond donors (Lipinski definition) is 0. The summed E-state index contributed by atoms with van der Waals surface area (Å²) >= 11 is 0. The molecule has 0 atom stereocenters. The summed E-state index contributed by atoms with van der Waals surface area (Å²) in [5.74, 6) is 0. The molecule has 0 aromatic rings. The predicted octanol–water partition coefficient (Wildman–Crippen LogP) is 2.05. The van der Waals surface area contributed by atoms with Crippen molar-refractivity contribution in [3.05, 3.63) is 0 Å². The maximum Gasteiger partial charge on any atom is 0.332 e. The average Bonchev–Trinajstić information content (AvgIpc) is 2.60. The summed E-state index contributed by atoms with van der Waals surface area (Å²) in [7, 11) is -1.70. The fourth-order valence-corrected chi connectivity index (χ4v) is 3.33. The third kappa shape index (κ3) is 2.58. The van der Waals surface area contributed by atoms with Crippen molar-refractivity contribution in [1.82, 2.24) is 0 Å². The second-order valence-corrected chi connectivity index (χ2v) is 7.31. The van der Waals surface area contributed by atoms with Gasteiger partial charge in [-0.25, -0.2) is 0 Å².